The number of hydrogen-bond donors (Lipinski definition) is 0. The lowest BCUT2D eigenvalue weighted by atomic mass is 10.1. The molecule has 0 aliphatic rings. The van der Waals surface area contributed by atoms with Gasteiger partial charge in [0.15, 0.2) is 5.82 Å². The standard InChI is InChI=1S/C17H12ClF3N8S/c1-10-3-2-4-12(7-10)28-16(23-25-26-28)30-9-15-22-24-27-29(15)14-6-5-11(18)8-13(14)17(19,20)21/h2-8H,9H2,1H3. The fraction of sp³-hybridized carbons (Fsp3) is 0.176. The molecule has 4 rings (SSSR count). The van der Waals surface area contributed by atoms with Crippen molar-refractivity contribution in [2.45, 2.75) is 24.0 Å². The van der Waals surface area contributed by atoms with Gasteiger partial charge in [0.2, 0.25) is 5.16 Å². The van der Waals surface area contributed by atoms with E-state index in [0.29, 0.717) is 5.16 Å². The molecule has 0 N–H and O–H groups in total. The van der Waals surface area contributed by atoms with Crippen molar-refractivity contribution in [2.24, 2.45) is 0 Å². The number of benzene rings is 2. The number of alkyl halides is 3. The minimum atomic E-state index is -4.62. The predicted octanol–water partition coefficient (Wildman–Crippen LogP) is 3.91. The van der Waals surface area contributed by atoms with E-state index in [4.69, 9.17) is 11.6 Å². The number of rotatable bonds is 5. The van der Waals surface area contributed by atoms with Crippen LogP contribution in [0.15, 0.2) is 47.6 Å². The van der Waals surface area contributed by atoms with Crippen molar-refractivity contribution in [2.75, 3.05) is 0 Å². The molecule has 2 aromatic heterocycles. The van der Waals surface area contributed by atoms with Crippen LogP contribution in [-0.2, 0) is 11.9 Å². The first-order valence-electron chi connectivity index (χ1n) is 8.45. The Balaban J connectivity index is 1.63. The molecule has 0 spiro atoms. The molecule has 0 fully saturated rings. The van der Waals surface area contributed by atoms with E-state index in [1.807, 2.05) is 31.2 Å². The molecule has 2 heterocycles. The summed E-state index contributed by atoms with van der Waals surface area (Å²) in [6.07, 6.45) is -4.62. The van der Waals surface area contributed by atoms with Crippen LogP contribution in [0.2, 0.25) is 5.02 Å². The number of tetrazole rings is 2. The third-order valence-corrected chi connectivity index (χ3v) is 5.19. The second-order valence-corrected chi connectivity index (χ2v) is 7.55. The van der Waals surface area contributed by atoms with Crippen LogP contribution in [0.25, 0.3) is 11.4 Å². The number of halogens is 4. The predicted molar refractivity (Wildman–Crippen MR) is 103 cm³/mol. The van der Waals surface area contributed by atoms with Gasteiger partial charge in [0, 0.05) is 5.02 Å². The van der Waals surface area contributed by atoms with Gasteiger partial charge in [0.25, 0.3) is 0 Å². The maximum absolute atomic E-state index is 13.5. The fourth-order valence-electron chi connectivity index (χ4n) is 2.72. The highest BCUT2D eigenvalue weighted by Gasteiger charge is 2.35. The summed E-state index contributed by atoms with van der Waals surface area (Å²) in [5.74, 6) is 0.339. The van der Waals surface area contributed by atoms with Crippen molar-refractivity contribution in [3.63, 3.8) is 0 Å². The van der Waals surface area contributed by atoms with Crippen molar-refractivity contribution < 1.29 is 13.2 Å². The van der Waals surface area contributed by atoms with Gasteiger partial charge in [-0.2, -0.15) is 22.5 Å². The van der Waals surface area contributed by atoms with Crippen LogP contribution in [0, 0.1) is 6.92 Å². The molecule has 0 amide bonds. The first-order valence-corrected chi connectivity index (χ1v) is 9.82. The number of aryl methyl sites for hydroxylation is 1. The summed E-state index contributed by atoms with van der Waals surface area (Å²) in [5.41, 5.74) is 0.647. The Kier molecular flexibility index (Phi) is 5.43. The van der Waals surface area contributed by atoms with Gasteiger partial charge in [-0.15, -0.1) is 10.2 Å². The molecule has 0 saturated carbocycles. The SMILES string of the molecule is Cc1cccc(-n2nnnc2SCc2nnnn2-c2ccc(Cl)cc2C(F)(F)F)c1. The highest BCUT2D eigenvalue weighted by Crippen LogP contribution is 2.36. The van der Waals surface area contributed by atoms with Crippen molar-refractivity contribution in [3.8, 4) is 11.4 Å². The summed E-state index contributed by atoms with van der Waals surface area (Å²) in [6.45, 7) is 1.94. The van der Waals surface area contributed by atoms with Gasteiger partial charge in [-0.25, -0.2) is 0 Å². The minimum Gasteiger partial charge on any atom is -0.196 e. The number of aromatic nitrogens is 8. The first-order chi connectivity index (χ1) is 14.3. The Morgan fingerprint density at radius 3 is 2.53 bits per heavy atom. The maximum atomic E-state index is 13.5. The summed E-state index contributed by atoms with van der Waals surface area (Å²) in [7, 11) is 0. The van der Waals surface area contributed by atoms with Crippen LogP contribution < -0.4 is 0 Å². The quantitative estimate of drug-likeness (QED) is 0.424. The van der Waals surface area contributed by atoms with Gasteiger partial charge in [-0.05, 0) is 63.7 Å². The van der Waals surface area contributed by atoms with Crippen LogP contribution in [-0.4, -0.2) is 40.4 Å². The van der Waals surface area contributed by atoms with Crippen LogP contribution in [0.1, 0.15) is 17.0 Å². The molecular weight excluding hydrogens is 441 g/mol. The highest BCUT2D eigenvalue weighted by molar-refractivity contribution is 7.98. The van der Waals surface area contributed by atoms with Gasteiger partial charge < -0.3 is 0 Å². The molecule has 30 heavy (non-hydrogen) atoms. The second-order valence-electron chi connectivity index (χ2n) is 6.17. The molecule has 2 aromatic carbocycles. The van der Waals surface area contributed by atoms with Gasteiger partial charge in [-0.3, -0.25) is 0 Å². The average Bonchev–Trinajstić information content (AvgIpc) is 3.35. The molecule has 0 atom stereocenters. The molecule has 0 bridgehead atoms. The monoisotopic (exact) mass is 452 g/mol. The average molecular weight is 453 g/mol. The third-order valence-electron chi connectivity index (χ3n) is 4.04. The lowest BCUT2D eigenvalue weighted by molar-refractivity contribution is -0.137. The van der Waals surface area contributed by atoms with Crippen molar-refractivity contribution >= 4 is 23.4 Å². The summed E-state index contributed by atoms with van der Waals surface area (Å²) < 4.78 is 42.9. The Morgan fingerprint density at radius 1 is 1.00 bits per heavy atom. The second kappa shape index (κ2) is 8.03. The molecular formula is C17H12ClF3N8S. The Labute approximate surface area is 177 Å². The van der Waals surface area contributed by atoms with E-state index in [1.165, 1.54) is 28.6 Å². The number of thioether (sulfide) groups is 1. The van der Waals surface area contributed by atoms with Gasteiger partial charge >= 0.3 is 6.18 Å². The van der Waals surface area contributed by atoms with E-state index in [1.54, 1.807) is 0 Å². The molecule has 0 aliphatic heterocycles. The Bertz CT molecular complexity index is 1190. The van der Waals surface area contributed by atoms with E-state index in [2.05, 4.69) is 31.1 Å². The highest BCUT2D eigenvalue weighted by atomic mass is 35.5. The Morgan fingerprint density at radius 2 is 1.77 bits per heavy atom. The van der Waals surface area contributed by atoms with Crippen LogP contribution in [0.3, 0.4) is 0 Å². The zero-order chi connectivity index (χ0) is 21.3. The molecule has 0 radical (unpaired) electrons. The topological polar surface area (TPSA) is 87.2 Å². The van der Waals surface area contributed by atoms with Gasteiger partial charge in [0.1, 0.15) is 0 Å². The zero-order valence-electron chi connectivity index (χ0n) is 15.2. The number of nitrogens with zero attached hydrogens (tertiary/aromatic N) is 8. The van der Waals surface area contributed by atoms with Crippen LogP contribution in [0.5, 0.6) is 0 Å². The van der Waals surface area contributed by atoms with Crippen LogP contribution >= 0.6 is 23.4 Å². The molecule has 0 unspecified atom stereocenters. The third kappa shape index (κ3) is 4.14. The maximum Gasteiger partial charge on any atom is 0.418 e. The molecule has 4 aromatic rings. The first kappa shape index (κ1) is 20.3. The van der Waals surface area contributed by atoms with E-state index in [9.17, 15) is 13.2 Å². The van der Waals surface area contributed by atoms with Crippen molar-refractivity contribution in [1.82, 2.24) is 40.4 Å². The van der Waals surface area contributed by atoms with Crippen LogP contribution in [0.4, 0.5) is 13.2 Å². The summed E-state index contributed by atoms with van der Waals surface area (Å²) in [6, 6.07) is 11.0. The van der Waals surface area contributed by atoms with Crippen molar-refractivity contribution in [1.29, 1.82) is 0 Å². The summed E-state index contributed by atoms with van der Waals surface area (Å²) >= 11 is 6.94. The van der Waals surface area contributed by atoms with E-state index in [0.717, 1.165) is 22.0 Å². The molecule has 8 nitrogen and oxygen atoms in total. The minimum absolute atomic E-state index is 0.0348. The van der Waals surface area contributed by atoms with Gasteiger partial charge in [0.05, 0.1) is 22.7 Å². The molecule has 0 saturated heterocycles. The van der Waals surface area contributed by atoms with E-state index >= 15 is 0 Å². The molecule has 0 aliphatic carbocycles. The molecule has 154 valence electrons. The van der Waals surface area contributed by atoms with E-state index in [-0.39, 0.29) is 22.3 Å². The zero-order valence-corrected chi connectivity index (χ0v) is 16.8. The molecule has 13 heteroatoms. The number of hydrogen-bond acceptors (Lipinski definition) is 7. The van der Waals surface area contributed by atoms with E-state index < -0.39 is 11.7 Å². The smallest absolute Gasteiger partial charge is 0.196 e. The van der Waals surface area contributed by atoms with Gasteiger partial charge in [-0.1, -0.05) is 35.5 Å². The summed E-state index contributed by atoms with van der Waals surface area (Å²) in [4.78, 5) is 0. The fourth-order valence-corrected chi connectivity index (χ4v) is 3.69. The van der Waals surface area contributed by atoms with Crippen molar-refractivity contribution in [3.05, 3.63) is 64.4 Å². The lowest BCUT2D eigenvalue weighted by Gasteiger charge is -2.13. The largest absolute Gasteiger partial charge is 0.418 e. The summed E-state index contributed by atoms with van der Waals surface area (Å²) in [5, 5.41) is 23.2. The normalized spacial score (nSPS) is 11.8. The lowest BCUT2D eigenvalue weighted by Crippen LogP contribution is -2.13. The Hall–Kier alpha value is -2.99.